The summed E-state index contributed by atoms with van der Waals surface area (Å²) in [5, 5.41) is 17.3. The van der Waals surface area contributed by atoms with Crippen molar-refractivity contribution in [3.63, 3.8) is 0 Å². The first kappa shape index (κ1) is 18.9. The zero-order valence-electron chi connectivity index (χ0n) is 15.9. The minimum absolute atomic E-state index is 0.101. The summed E-state index contributed by atoms with van der Waals surface area (Å²) in [5.41, 5.74) is 0.789. The molecule has 3 aromatic rings. The maximum atomic E-state index is 13.0. The van der Waals surface area contributed by atoms with Crippen molar-refractivity contribution in [3.8, 4) is 5.69 Å². The summed E-state index contributed by atoms with van der Waals surface area (Å²) in [5.74, 6) is -0.471. The van der Waals surface area contributed by atoms with Crippen molar-refractivity contribution in [2.45, 2.75) is 18.4 Å². The molecule has 2 amide bonds. The highest BCUT2D eigenvalue weighted by Crippen LogP contribution is 2.27. The summed E-state index contributed by atoms with van der Waals surface area (Å²) in [7, 11) is 0. The van der Waals surface area contributed by atoms with E-state index in [2.05, 4.69) is 26.1 Å². The molecule has 4 rings (SSSR count). The fourth-order valence-corrected chi connectivity index (χ4v) is 3.57. The molecule has 0 saturated carbocycles. The predicted octanol–water partition coefficient (Wildman–Crippen LogP) is 0.902. The molecule has 1 aromatic carbocycles. The summed E-state index contributed by atoms with van der Waals surface area (Å²) < 4.78 is 3.44. The number of nitrogens with one attached hydrogen (secondary N) is 3. The SMILES string of the molecule is O=C(CNC(=O)C1(n2cccn2)CCNCC1)Nc1ccc(-n2cccn2)cc1. The van der Waals surface area contributed by atoms with E-state index in [1.807, 2.05) is 24.4 Å². The van der Waals surface area contributed by atoms with E-state index in [1.54, 1.807) is 46.2 Å². The molecule has 0 unspecified atom stereocenters. The Kier molecular flexibility index (Phi) is 5.39. The summed E-state index contributed by atoms with van der Waals surface area (Å²) >= 11 is 0. The van der Waals surface area contributed by atoms with Crippen LogP contribution in [0, 0.1) is 0 Å². The number of carbonyl (C=O) groups is 2. The number of piperidine rings is 1. The van der Waals surface area contributed by atoms with Gasteiger partial charge >= 0.3 is 0 Å². The van der Waals surface area contributed by atoms with Crippen LogP contribution in [-0.2, 0) is 15.1 Å². The summed E-state index contributed by atoms with van der Waals surface area (Å²) in [6.45, 7) is 1.35. The number of carbonyl (C=O) groups excluding carboxylic acids is 2. The van der Waals surface area contributed by atoms with Crippen molar-refractivity contribution in [2.24, 2.45) is 0 Å². The molecule has 1 fully saturated rings. The van der Waals surface area contributed by atoms with E-state index < -0.39 is 5.54 Å². The molecule has 1 saturated heterocycles. The van der Waals surface area contributed by atoms with E-state index in [1.165, 1.54) is 0 Å². The molecule has 3 N–H and O–H groups in total. The molecule has 9 nitrogen and oxygen atoms in total. The molecule has 150 valence electrons. The highest BCUT2D eigenvalue weighted by atomic mass is 16.2. The molecule has 29 heavy (non-hydrogen) atoms. The lowest BCUT2D eigenvalue weighted by Gasteiger charge is -2.36. The number of anilines is 1. The maximum absolute atomic E-state index is 13.0. The van der Waals surface area contributed by atoms with Gasteiger partial charge in [-0.15, -0.1) is 0 Å². The fraction of sp³-hybridized carbons (Fsp3) is 0.300. The maximum Gasteiger partial charge on any atom is 0.248 e. The Morgan fingerprint density at radius 3 is 2.41 bits per heavy atom. The number of aromatic nitrogens is 4. The Labute approximate surface area is 168 Å². The molecule has 0 aliphatic carbocycles. The minimum Gasteiger partial charge on any atom is -0.345 e. The van der Waals surface area contributed by atoms with Gasteiger partial charge in [0, 0.05) is 30.5 Å². The Balaban J connectivity index is 1.35. The summed E-state index contributed by atoms with van der Waals surface area (Å²) in [4.78, 5) is 25.3. The third kappa shape index (κ3) is 4.04. The van der Waals surface area contributed by atoms with E-state index in [9.17, 15) is 9.59 Å². The molecule has 0 atom stereocenters. The smallest absolute Gasteiger partial charge is 0.248 e. The molecule has 0 radical (unpaired) electrons. The second-order valence-corrected chi connectivity index (χ2v) is 6.96. The first-order chi connectivity index (χ1) is 14.2. The van der Waals surface area contributed by atoms with E-state index in [0.717, 1.165) is 18.8 Å². The second-order valence-electron chi connectivity index (χ2n) is 6.96. The Bertz CT molecular complexity index is 943. The number of hydrogen-bond donors (Lipinski definition) is 3. The van der Waals surface area contributed by atoms with Gasteiger partial charge in [0.05, 0.1) is 12.2 Å². The summed E-state index contributed by atoms with van der Waals surface area (Å²) in [6.07, 6.45) is 8.26. The standard InChI is InChI=1S/C20H23N7O2/c28-18(25-16-3-5-17(6-4-16)26-13-1-9-23-26)15-22-19(29)20(7-11-21-12-8-20)27-14-2-10-24-27/h1-6,9-10,13-14,21H,7-8,11-12,15H2,(H,22,29)(H,25,28). The van der Waals surface area contributed by atoms with Crippen molar-refractivity contribution in [1.82, 2.24) is 30.2 Å². The van der Waals surface area contributed by atoms with Crippen LogP contribution in [0.4, 0.5) is 5.69 Å². The minimum atomic E-state index is -0.763. The Morgan fingerprint density at radius 2 is 1.76 bits per heavy atom. The van der Waals surface area contributed by atoms with Crippen molar-refractivity contribution in [3.05, 3.63) is 61.2 Å². The predicted molar refractivity (Wildman–Crippen MR) is 108 cm³/mol. The molecule has 9 heteroatoms. The van der Waals surface area contributed by atoms with Crippen LogP contribution in [0.3, 0.4) is 0 Å². The van der Waals surface area contributed by atoms with Crippen molar-refractivity contribution >= 4 is 17.5 Å². The lowest BCUT2D eigenvalue weighted by atomic mass is 9.87. The number of rotatable bonds is 6. The lowest BCUT2D eigenvalue weighted by Crippen LogP contribution is -2.55. The number of nitrogens with zero attached hydrogens (tertiary/aromatic N) is 4. The summed E-state index contributed by atoms with van der Waals surface area (Å²) in [6, 6.07) is 11.0. The van der Waals surface area contributed by atoms with Gasteiger partial charge in [-0.2, -0.15) is 10.2 Å². The van der Waals surface area contributed by atoms with Crippen molar-refractivity contribution in [1.29, 1.82) is 0 Å². The van der Waals surface area contributed by atoms with Gasteiger partial charge in [0.2, 0.25) is 11.8 Å². The van der Waals surface area contributed by atoms with Crippen LogP contribution in [-0.4, -0.2) is 51.0 Å². The van der Waals surface area contributed by atoms with Crippen LogP contribution in [0.5, 0.6) is 0 Å². The van der Waals surface area contributed by atoms with Gasteiger partial charge < -0.3 is 16.0 Å². The van der Waals surface area contributed by atoms with Gasteiger partial charge in [-0.25, -0.2) is 4.68 Å². The molecule has 3 heterocycles. The average Bonchev–Trinajstić information content (AvgIpc) is 3.47. The Hall–Kier alpha value is -3.46. The second kappa shape index (κ2) is 8.27. The first-order valence-corrected chi connectivity index (χ1v) is 9.56. The average molecular weight is 393 g/mol. The number of benzene rings is 1. The Morgan fingerprint density at radius 1 is 1.03 bits per heavy atom. The van der Waals surface area contributed by atoms with Gasteiger partial charge in [0.25, 0.3) is 0 Å². The third-order valence-corrected chi connectivity index (χ3v) is 5.13. The highest BCUT2D eigenvalue weighted by Gasteiger charge is 2.41. The monoisotopic (exact) mass is 393 g/mol. The third-order valence-electron chi connectivity index (χ3n) is 5.13. The molecule has 0 bridgehead atoms. The van der Waals surface area contributed by atoms with Gasteiger partial charge in [-0.1, -0.05) is 0 Å². The van der Waals surface area contributed by atoms with Crippen molar-refractivity contribution in [2.75, 3.05) is 25.0 Å². The molecule has 1 aliphatic heterocycles. The number of amides is 2. The molecule has 1 aliphatic rings. The van der Waals surface area contributed by atoms with Crippen LogP contribution in [0.2, 0.25) is 0 Å². The molecular formula is C20H23N7O2. The van der Waals surface area contributed by atoms with Gasteiger partial charge in [0.15, 0.2) is 0 Å². The van der Waals surface area contributed by atoms with Crippen LogP contribution in [0.1, 0.15) is 12.8 Å². The first-order valence-electron chi connectivity index (χ1n) is 9.56. The van der Waals surface area contributed by atoms with E-state index in [4.69, 9.17) is 0 Å². The fourth-order valence-electron chi connectivity index (χ4n) is 3.57. The van der Waals surface area contributed by atoms with Gasteiger partial charge in [-0.3, -0.25) is 14.3 Å². The normalized spacial score (nSPS) is 15.6. The van der Waals surface area contributed by atoms with Crippen LogP contribution >= 0.6 is 0 Å². The van der Waals surface area contributed by atoms with E-state index in [-0.39, 0.29) is 18.4 Å². The van der Waals surface area contributed by atoms with Crippen molar-refractivity contribution < 1.29 is 9.59 Å². The van der Waals surface area contributed by atoms with E-state index in [0.29, 0.717) is 18.5 Å². The van der Waals surface area contributed by atoms with Gasteiger partial charge in [-0.05, 0) is 62.3 Å². The van der Waals surface area contributed by atoms with Crippen LogP contribution in [0.15, 0.2) is 61.2 Å². The highest BCUT2D eigenvalue weighted by molar-refractivity contribution is 5.95. The lowest BCUT2D eigenvalue weighted by molar-refractivity contribution is -0.133. The molecule has 0 spiro atoms. The van der Waals surface area contributed by atoms with E-state index >= 15 is 0 Å². The zero-order chi connectivity index (χ0) is 20.1. The number of hydrogen-bond acceptors (Lipinski definition) is 5. The largest absolute Gasteiger partial charge is 0.345 e. The zero-order valence-corrected chi connectivity index (χ0v) is 15.9. The topological polar surface area (TPSA) is 106 Å². The molecule has 2 aromatic heterocycles. The molecular weight excluding hydrogens is 370 g/mol. The van der Waals surface area contributed by atoms with Crippen LogP contribution < -0.4 is 16.0 Å². The quantitative estimate of drug-likeness (QED) is 0.577. The van der Waals surface area contributed by atoms with Gasteiger partial charge in [0.1, 0.15) is 5.54 Å². The van der Waals surface area contributed by atoms with Crippen LogP contribution in [0.25, 0.3) is 5.69 Å².